The minimum atomic E-state index is -3.35. The number of amides is 1. The van der Waals surface area contributed by atoms with E-state index < -0.39 is 10.0 Å². The Kier molecular flexibility index (Phi) is 6.26. The number of sulfonamides is 1. The first-order chi connectivity index (χ1) is 13.0. The molecule has 1 aliphatic rings. The summed E-state index contributed by atoms with van der Waals surface area (Å²) in [4.78, 5) is 14.5. The Morgan fingerprint density at radius 2 is 1.52 bits per heavy atom. The van der Waals surface area contributed by atoms with Gasteiger partial charge in [0.05, 0.1) is 11.8 Å². The molecule has 2 aromatic rings. The first kappa shape index (κ1) is 19.5. The van der Waals surface area contributed by atoms with Crippen LogP contribution in [0, 0.1) is 0 Å². The molecule has 1 amide bonds. The SMILES string of the molecule is CC(C(=O)Nc1ccccc1)N1CCN(S(=O)(=O)Cc2ccccc2)CC1. The van der Waals surface area contributed by atoms with Gasteiger partial charge in [0.25, 0.3) is 0 Å². The smallest absolute Gasteiger partial charge is 0.241 e. The summed E-state index contributed by atoms with van der Waals surface area (Å²) in [6, 6.07) is 18.2. The molecular weight excluding hydrogens is 362 g/mol. The van der Waals surface area contributed by atoms with Gasteiger partial charge in [-0.1, -0.05) is 48.5 Å². The Morgan fingerprint density at radius 3 is 2.11 bits per heavy atom. The van der Waals surface area contributed by atoms with Gasteiger partial charge in [-0.2, -0.15) is 4.31 Å². The third-order valence-corrected chi connectivity index (χ3v) is 6.68. The molecule has 2 aromatic carbocycles. The van der Waals surface area contributed by atoms with Crippen LogP contribution in [0.5, 0.6) is 0 Å². The number of para-hydroxylation sites is 1. The molecule has 0 spiro atoms. The van der Waals surface area contributed by atoms with Crippen molar-refractivity contribution in [1.29, 1.82) is 0 Å². The van der Waals surface area contributed by atoms with Crippen LogP contribution in [0.25, 0.3) is 0 Å². The molecule has 0 aliphatic carbocycles. The van der Waals surface area contributed by atoms with E-state index >= 15 is 0 Å². The van der Waals surface area contributed by atoms with E-state index in [4.69, 9.17) is 0 Å². The first-order valence-electron chi connectivity index (χ1n) is 9.07. The molecule has 0 aromatic heterocycles. The molecular formula is C20H25N3O3S. The van der Waals surface area contributed by atoms with E-state index in [-0.39, 0.29) is 17.7 Å². The van der Waals surface area contributed by atoms with Gasteiger partial charge >= 0.3 is 0 Å². The third-order valence-electron chi connectivity index (χ3n) is 4.83. The fraction of sp³-hybridized carbons (Fsp3) is 0.350. The highest BCUT2D eigenvalue weighted by Gasteiger charge is 2.30. The number of nitrogens with zero attached hydrogens (tertiary/aromatic N) is 2. The van der Waals surface area contributed by atoms with Crippen LogP contribution in [0.3, 0.4) is 0 Å². The Bertz CT molecular complexity index is 849. The van der Waals surface area contributed by atoms with Gasteiger partial charge in [0, 0.05) is 31.9 Å². The van der Waals surface area contributed by atoms with Crippen molar-refractivity contribution in [2.45, 2.75) is 18.7 Å². The van der Waals surface area contributed by atoms with Crippen LogP contribution in [0.1, 0.15) is 12.5 Å². The number of piperazine rings is 1. The van der Waals surface area contributed by atoms with Crippen molar-refractivity contribution in [3.63, 3.8) is 0 Å². The predicted octanol–water partition coefficient (Wildman–Crippen LogP) is 2.16. The molecule has 6 nitrogen and oxygen atoms in total. The summed E-state index contributed by atoms with van der Waals surface area (Å²) in [6.07, 6.45) is 0. The molecule has 0 radical (unpaired) electrons. The highest BCUT2D eigenvalue weighted by atomic mass is 32.2. The molecule has 1 fully saturated rings. The summed E-state index contributed by atoms with van der Waals surface area (Å²) in [6.45, 7) is 3.73. The van der Waals surface area contributed by atoms with Crippen molar-refractivity contribution in [2.24, 2.45) is 0 Å². The number of carbonyl (C=O) groups is 1. The topological polar surface area (TPSA) is 69.7 Å². The average molecular weight is 388 g/mol. The van der Waals surface area contributed by atoms with Crippen LogP contribution >= 0.6 is 0 Å². The van der Waals surface area contributed by atoms with Crippen LogP contribution in [-0.2, 0) is 20.6 Å². The van der Waals surface area contributed by atoms with Crippen LogP contribution in [0.2, 0.25) is 0 Å². The minimum Gasteiger partial charge on any atom is -0.325 e. The van der Waals surface area contributed by atoms with E-state index in [2.05, 4.69) is 5.32 Å². The average Bonchev–Trinajstić information content (AvgIpc) is 2.69. The second-order valence-electron chi connectivity index (χ2n) is 6.71. The van der Waals surface area contributed by atoms with Crippen molar-refractivity contribution in [3.8, 4) is 0 Å². The molecule has 144 valence electrons. The van der Waals surface area contributed by atoms with Crippen molar-refractivity contribution in [3.05, 3.63) is 66.2 Å². The van der Waals surface area contributed by atoms with Gasteiger partial charge in [0.15, 0.2) is 0 Å². The van der Waals surface area contributed by atoms with Crippen molar-refractivity contribution >= 4 is 21.6 Å². The standard InChI is InChI=1S/C20H25N3O3S/c1-17(20(24)21-19-10-6-3-7-11-19)22-12-14-23(15-13-22)27(25,26)16-18-8-4-2-5-9-18/h2-11,17H,12-16H2,1H3,(H,21,24). The van der Waals surface area contributed by atoms with Crippen molar-refractivity contribution in [2.75, 3.05) is 31.5 Å². The summed E-state index contributed by atoms with van der Waals surface area (Å²) in [5, 5.41) is 2.90. The highest BCUT2D eigenvalue weighted by Crippen LogP contribution is 2.16. The lowest BCUT2D eigenvalue weighted by molar-refractivity contribution is -0.121. The molecule has 7 heteroatoms. The van der Waals surface area contributed by atoms with Gasteiger partial charge in [-0.15, -0.1) is 0 Å². The van der Waals surface area contributed by atoms with E-state index in [1.165, 1.54) is 4.31 Å². The van der Waals surface area contributed by atoms with E-state index in [0.717, 1.165) is 11.3 Å². The Morgan fingerprint density at radius 1 is 0.963 bits per heavy atom. The first-order valence-corrected chi connectivity index (χ1v) is 10.7. The number of benzene rings is 2. The maximum atomic E-state index is 12.6. The monoisotopic (exact) mass is 387 g/mol. The lowest BCUT2D eigenvalue weighted by Crippen LogP contribution is -2.54. The van der Waals surface area contributed by atoms with Crippen molar-refractivity contribution < 1.29 is 13.2 Å². The summed E-state index contributed by atoms with van der Waals surface area (Å²) >= 11 is 0. The fourth-order valence-corrected chi connectivity index (χ4v) is 4.70. The summed E-state index contributed by atoms with van der Waals surface area (Å²) in [7, 11) is -3.35. The normalized spacial score (nSPS) is 17.4. The molecule has 1 saturated heterocycles. The number of carbonyl (C=O) groups excluding carboxylic acids is 1. The number of rotatable bonds is 6. The van der Waals surface area contributed by atoms with Gasteiger partial charge in [0.2, 0.25) is 15.9 Å². The molecule has 1 heterocycles. The van der Waals surface area contributed by atoms with E-state index in [1.807, 2.05) is 72.5 Å². The summed E-state index contributed by atoms with van der Waals surface area (Å²) in [5.74, 6) is -0.0699. The van der Waals surface area contributed by atoms with E-state index in [1.54, 1.807) is 0 Å². The number of hydrogen-bond donors (Lipinski definition) is 1. The molecule has 0 saturated carbocycles. The fourth-order valence-electron chi connectivity index (χ4n) is 3.18. The van der Waals surface area contributed by atoms with Crippen LogP contribution in [0.4, 0.5) is 5.69 Å². The molecule has 1 unspecified atom stereocenters. The zero-order valence-electron chi connectivity index (χ0n) is 15.4. The number of hydrogen-bond acceptors (Lipinski definition) is 4. The highest BCUT2D eigenvalue weighted by molar-refractivity contribution is 7.88. The van der Waals surface area contributed by atoms with Gasteiger partial charge in [-0.3, -0.25) is 9.69 Å². The zero-order valence-corrected chi connectivity index (χ0v) is 16.2. The van der Waals surface area contributed by atoms with Gasteiger partial charge in [-0.25, -0.2) is 8.42 Å². The summed E-state index contributed by atoms with van der Waals surface area (Å²) < 4.78 is 26.8. The maximum Gasteiger partial charge on any atom is 0.241 e. The zero-order chi connectivity index (χ0) is 19.3. The van der Waals surface area contributed by atoms with Crippen LogP contribution in [-0.4, -0.2) is 55.8 Å². The van der Waals surface area contributed by atoms with Gasteiger partial charge < -0.3 is 5.32 Å². The molecule has 27 heavy (non-hydrogen) atoms. The van der Waals surface area contributed by atoms with E-state index in [9.17, 15) is 13.2 Å². The Hall–Kier alpha value is -2.22. The second kappa shape index (κ2) is 8.65. The minimum absolute atomic E-state index is 0.0118. The van der Waals surface area contributed by atoms with Gasteiger partial charge in [0.1, 0.15) is 0 Å². The third kappa shape index (κ3) is 5.15. The largest absolute Gasteiger partial charge is 0.325 e. The predicted molar refractivity (Wildman–Crippen MR) is 107 cm³/mol. The Labute approximate surface area is 160 Å². The molecule has 1 aliphatic heterocycles. The Balaban J connectivity index is 1.54. The van der Waals surface area contributed by atoms with Gasteiger partial charge in [-0.05, 0) is 24.6 Å². The number of nitrogens with one attached hydrogen (secondary N) is 1. The maximum absolute atomic E-state index is 12.6. The van der Waals surface area contributed by atoms with Crippen LogP contribution in [0.15, 0.2) is 60.7 Å². The molecule has 3 rings (SSSR count). The number of anilines is 1. The second-order valence-corrected chi connectivity index (χ2v) is 8.68. The van der Waals surface area contributed by atoms with E-state index in [0.29, 0.717) is 26.2 Å². The lowest BCUT2D eigenvalue weighted by atomic mass is 10.2. The summed E-state index contributed by atoms with van der Waals surface area (Å²) in [5.41, 5.74) is 1.55. The molecule has 0 bridgehead atoms. The lowest BCUT2D eigenvalue weighted by Gasteiger charge is -2.36. The van der Waals surface area contributed by atoms with Crippen LogP contribution < -0.4 is 5.32 Å². The quantitative estimate of drug-likeness (QED) is 0.825. The van der Waals surface area contributed by atoms with Crippen molar-refractivity contribution in [1.82, 2.24) is 9.21 Å². The molecule has 1 atom stereocenters. The molecule has 1 N–H and O–H groups in total.